The molecule has 0 aliphatic carbocycles. The summed E-state index contributed by atoms with van der Waals surface area (Å²) < 4.78 is 1.16. The zero-order valence-electron chi connectivity index (χ0n) is 13.7. The van der Waals surface area contributed by atoms with E-state index in [0.717, 1.165) is 40.0 Å². The van der Waals surface area contributed by atoms with E-state index in [2.05, 4.69) is 69.2 Å². The molecular formula is C15H22BrIN4S2. The summed E-state index contributed by atoms with van der Waals surface area (Å²) in [7, 11) is 3.89. The van der Waals surface area contributed by atoms with Crippen LogP contribution in [0.5, 0.6) is 0 Å². The normalized spacial score (nSPS) is 11.3. The van der Waals surface area contributed by atoms with Gasteiger partial charge in [-0.25, -0.2) is 4.98 Å². The average molecular weight is 529 g/mol. The molecule has 0 saturated carbocycles. The fourth-order valence-corrected chi connectivity index (χ4v) is 4.70. The third kappa shape index (κ3) is 6.32. The van der Waals surface area contributed by atoms with Crippen LogP contribution in [0.15, 0.2) is 20.9 Å². The van der Waals surface area contributed by atoms with E-state index in [-0.39, 0.29) is 24.0 Å². The van der Waals surface area contributed by atoms with Crippen LogP contribution in [0.25, 0.3) is 0 Å². The molecule has 0 fully saturated rings. The number of aromatic nitrogens is 1. The molecule has 0 bridgehead atoms. The van der Waals surface area contributed by atoms with Crippen molar-refractivity contribution >= 4 is 68.5 Å². The first-order valence-electron chi connectivity index (χ1n) is 7.08. The first kappa shape index (κ1) is 20.9. The molecule has 1 N–H and O–H groups in total. The summed E-state index contributed by atoms with van der Waals surface area (Å²) in [4.78, 5) is 13.6. The second kappa shape index (κ2) is 9.95. The molecule has 0 amide bonds. The number of nitrogens with one attached hydrogen (secondary N) is 1. The zero-order valence-corrected chi connectivity index (χ0v) is 19.3. The van der Waals surface area contributed by atoms with Gasteiger partial charge in [-0.3, -0.25) is 4.99 Å². The highest BCUT2D eigenvalue weighted by Gasteiger charge is 2.09. The lowest BCUT2D eigenvalue weighted by Crippen LogP contribution is -2.39. The molecule has 4 nitrogen and oxygen atoms in total. The standard InChI is InChI=1S/C15H21BrN4S2.HI/c1-10-13(21-11(2)19-10)7-8-18-15(17-3)20(4)9-12-5-6-14(16)22-12;/h5-6H,7-9H2,1-4H3,(H,17,18);1H. The van der Waals surface area contributed by atoms with Crippen LogP contribution in [0, 0.1) is 13.8 Å². The molecule has 0 saturated heterocycles. The predicted octanol–water partition coefficient (Wildman–Crippen LogP) is 4.45. The number of rotatable bonds is 5. The van der Waals surface area contributed by atoms with E-state index >= 15 is 0 Å². The molecule has 0 aliphatic rings. The monoisotopic (exact) mass is 528 g/mol. The fraction of sp³-hybridized carbons (Fsp3) is 0.467. The Bertz CT molecular complexity index is 654. The van der Waals surface area contributed by atoms with Gasteiger partial charge in [0.15, 0.2) is 5.96 Å². The highest BCUT2D eigenvalue weighted by molar-refractivity contribution is 14.0. The molecule has 128 valence electrons. The van der Waals surface area contributed by atoms with Crippen molar-refractivity contribution in [2.45, 2.75) is 26.8 Å². The van der Waals surface area contributed by atoms with E-state index in [1.54, 1.807) is 22.7 Å². The van der Waals surface area contributed by atoms with Gasteiger partial charge in [0.25, 0.3) is 0 Å². The third-order valence-corrected chi connectivity index (χ3v) is 5.97. The second-order valence-electron chi connectivity index (χ2n) is 5.03. The quantitative estimate of drug-likeness (QED) is 0.354. The van der Waals surface area contributed by atoms with Crippen LogP contribution in [0.1, 0.15) is 20.5 Å². The Morgan fingerprint density at radius 3 is 2.61 bits per heavy atom. The maximum atomic E-state index is 4.47. The molecule has 2 aromatic heterocycles. The second-order valence-corrected chi connectivity index (χ2v) is 8.86. The van der Waals surface area contributed by atoms with Gasteiger partial charge >= 0.3 is 0 Å². The molecule has 0 atom stereocenters. The van der Waals surface area contributed by atoms with Gasteiger partial charge in [-0.15, -0.1) is 46.7 Å². The summed E-state index contributed by atoms with van der Waals surface area (Å²) in [5.41, 5.74) is 1.15. The minimum absolute atomic E-state index is 0. The van der Waals surface area contributed by atoms with Crippen LogP contribution in [0.2, 0.25) is 0 Å². The van der Waals surface area contributed by atoms with Crippen molar-refractivity contribution in [2.24, 2.45) is 4.99 Å². The number of hydrogen-bond acceptors (Lipinski definition) is 4. The lowest BCUT2D eigenvalue weighted by molar-refractivity contribution is 0.482. The van der Waals surface area contributed by atoms with E-state index in [1.807, 2.05) is 7.05 Å². The summed E-state index contributed by atoms with van der Waals surface area (Å²) in [5, 5.41) is 4.57. The predicted molar refractivity (Wildman–Crippen MR) is 116 cm³/mol. The number of hydrogen-bond donors (Lipinski definition) is 1. The molecule has 0 radical (unpaired) electrons. The summed E-state index contributed by atoms with van der Waals surface area (Å²) in [5.74, 6) is 0.920. The first-order chi connectivity index (χ1) is 10.5. The summed E-state index contributed by atoms with van der Waals surface area (Å²) in [6, 6.07) is 4.22. The van der Waals surface area contributed by atoms with Crippen LogP contribution in [-0.4, -0.2) is 36.5 Å². The van der Waals surface area contributed by atoms with Crippen LogP contribution < -0.4 is 5.32 Å². The number of aryl methyl sites for hydroxylation is 2. The van der Waals surface area contributed by atoms with Gasteiger partial charge in [0.1, 0.15) is 0 Å². The molecule has 2 heterocycles. The fourth-order valence-electron chi connectivity index (χ4n) is 2.22. The van der Waals surface area contributed by atoms with Crippen molar-refractivity contribution in [2.75, 3.05) is 20.6 Å². The highest BCUT2D eigenvalue weighted by Crippen LogP contribution is 2.23. The van der Waals surface area contributed by atoms with Crippen molar-refractivity contribution in [3.8, 4) is 0 Å². The number of thiazole rings is 1. The van der Waals surface area contributed by atoms with Crippen molar-refractivity contribution in [1.29, 1.82) is 0 Å². The molecule has 0 spiro atoms. The topological polar surface area (TPSA) is 40.5 Å². The Balaban J connectivity index is 0.00000264. The molecule has 2 aromatic rings. The lowest BCUT2D eigenvalue weighted by Gasteiger charge is -2.21. The number of guanidine groups is 1. The Morgan fingerprint density at radius 1 is 1.35 bits per heavy atom. The number of nitrogens with zero attached hydrogens (tertiary/aromatic N) is 3. The number of thiophene rings is 1. The van der Waals surface area contributed by atoms with Crippen LogP contribution in [0.3, 0.4) is 0 Å². The minimum Gasteiger partial charge on any atom is -0.356 e. The zero-order chi connectivity index (χ0) is 16.1. The first-order valence-corrected chi connectivity index (χ1v) is 9.51. The van der Waals surface area contributed by atoms with Gasteiger partial charge in [0.05, 0.1) is 21.0 Å². The maximum absolute atomic E-state index is 4.47. The SMILES string of the molecule is CN=C(NCCc1sc(C)nc1C)N(C)Cc1ccc(Br)s1.I. The Labute approximate surface area is 171 Å². The van der Waals surface area contributed by atoms with E-state index in [0.29, 0.717) is 0 Å². The van der Waals surface area contributed by atoms with Crippen molar-refractivity contribution in [3.05, 3.63) is 36.4 Å². The average Bonchev–Trinajstić information content (AvgIpc) is 3.00. The summed E-state index contributed by atoms with van der Waals surface area (Å²) >= 11 is 7.04. The largest absolute Gasteiger partial charge is 0.356 e. The molecule has 23 heavy (non-hydrogen) atoms. The highest BCUT2D eigenvalue weighted by atomic mass is 127. The van der Waals surface area contributed by atoms with Crippen molar-refractivity contribution < 1.29 is 0 Å². The number of aliphatic imine (C=N–C) groups is 1. The molecule has 0 aliphatic heterocycles. The van der Waals surface area contributed by atoms with Gasteiger partial charge in [0.2, 0.25) is 0 Å². The van der Waals surface area contributed by atoms with E-state index in [4.69, 9.17) is 0 Å². The Kier molecular flexibility index (Phi) is 9.02. The third-order valence-electron chi connectivity index (χ3n) is 3.23. The molecule has 2 rings (SSSR count). The van der Waals surface area contributed by atoms with Gasteiger partial charge in [-0.05, 0) is 41.9 Å². The van der Waals surface area contributed by atoms with Gasteiger partial charge in [-0.2, -0.15) is 0 Å². The molecule has 0 unspecified atom stereocenters. The Morgan fingerprint density at radius 2 is 2.09 bits per heavy atom. The molecule has 0 aromatic carbocycles. The van der Waals surface area contributed by atoms with E-state index in [9.17, 15) is 0 Å². The molecular weight excluding hydrogens is 507 g/mol. The van der Waals surface area contributed by atoms with Gasteiger partial charge < -0.3 is 10.2 Å². The van der Waals surface area contributed by atoms with E-state index < -0.39 is 0 Å². The minimum atomic E-state index is 0. The van der Waals surface area contributed by atoms with Crippen molar-refractivity contribution in [1.82, 2.24) is 15.2 Å². The Hall–Kier alpha value is -0.190. The number of halogens is 2. The van der Waals surface area contributed by atoms with Gasteiger partial charge in [-0.1, -0.05) is 0 Å². The smallest absolute Gasteiger partial charge is 0.193 e. The van der Waals surface area contributed by atoms with E-state index in [1.165, 1.54) is 9.75 Å². The summed E-state index contributed by atoms with van der Waals surface area (Å²) in [6.45, 7) is 5.86. The van der Waals surface area contributed by atoms with Crippen molar-refractivity contribution in [3.63, 3.8) is 0 Å². The van der Waals surface area contributed by atoms with Gasteiger partial charge in [0, 0.05) is 36.8 Å². The van der Waals surface area contributed by atoms with Crippen LogP contribution in [0.4, 0.5) is 0 Å². The maximum Gasteiger partial charge on any atom is 0.193 e. The summed E-state index contributed by atoms with van der Waals surface area (Å²) in [6.07, 6.45) is 0.981. The molecule has 8 heteroatoms. The van der Waals surface area contributed by atoms with Crippen LogP contribution in [-0.2, 0) is 13.0 Å². The van der Waals surface area contributed by atoms with Crippen LogP contribution >= 0.6 is 62.6 Å². The lowest BCUT2D eigenvalue weighted by atomic mass is 10.3.